The first-order valence-corrected chi connectivity index (χ1v) is 19.3. The lowest BCUT2D eigenvalue weighted by Gasteiger charge is -2.45. The molecule has 13 nitrogen and oxygen atoms in total. The molecule has 2 heterocycles. The SMILES string of the molecule is CC[C@H](C)[C@H](N)C(=O)C(NC(=O)[C@@](C(=O)[C@@H](N)Cc1cn(S(=O)(=O)c2ccc(C)cc2)cn1)(C(C)C)C(C)[C@H](O)[C@@H](N)CC(C)C)c1ccccn1. The molecular formula is C38H57N7O6S. The van der Waals surface area contributed by atoms with Crippen molar-refractivity contribution in [3.8, 4) is 0 Å². The number of ketones is 2. The quantitative estimate of drug-likeness (QED) is 0.112. The Morgan fingerprint density at radius 2 is 1.60 bits per heavy atom. The maximum absolute atomic E-state index is 14.9. The van der Waals surface area contributed by atoms with Crippen molar-refractivity contribution < 1.29 is 27.9 Å². The van der Waals surface area contributed by atoms with Gasteiger partial charge in [0.25, 0.3) is 10.0 Å². The molecule has 0 spiro atoms. The Kier molecular flexibility index (Phi) is 14.6. The van der Waals surface area contributed by atoms with Crippen LogP contribution in [0.4, 0.5) is 0 Å². The Bertz CT molecular complexity index is 1760. The lowest BCUT2D eigenvalue weighted by Crippen LogP contribution is -2.63. The number of benzene rings is 1. The second kappa shape index (κ2) is 17.8. The van der Waals surface area contributed by atoms with Gasteiger partial charge in [0, 0.05) is 30.8 Å². The van der Waals surface area contributed by atoms with Crippen molar-refractivity contribution in [3.63, 3.8) is 0 Å². The predicted octanol–water partition coefficient (Wildman–Crippen LogP) is 3.08. The van der Waals surface area contributed by atoms with E-state index in [0.29, 0.717) is 12.8 Å². The van der Waals surface area contributed by atoms with Crippen LogP contribution >= 0.6 is 0 Å². The highest BCUT2D eigenvalue weighted by atomic mass is 32.2. The third-order valence-corrected chi connectivity index (χ3v) is 11.8. The number of nitrogens with one attached hydrogen (secondary N) is 1. The van der Waals surface area contributed by atoms with Crippen molar-refractivity contribution in [3.05, 3.63) is 78.1 Å². The summed E-state index contributed by atoms with van der Waals surface area (Å²) in [6, 6.07) is 6.86. The molecule has 52 heavy (non-hydrogen) atoms. The van der Waals surface area contributed by atoms with Crippen LogP contribution < -0.4 is 22.5 Å². The highest BCUT2D eigenvalue weighted by molar-refractivity contribution is 7.90. The molecule has 0 fully saturated rings. The number of nitrogens with zero attached hydrogens (tertiary/aromatic N) is 3. The molecule has 3 aromatic rings. The van der Waals surface area contributed by atoms with E-state index in [9.17, 15) is 27.9 Å². The number of amides is 1. The average Bonchev–Trinajstić information content (AvgIpc) is 3.58. The smallest absolute Gasteiger partial charge is 0.268 e. The minimum atomic E-state index is -3.98. The molecule has 0 aliphatic rings. The first-order chi connectivity index (χ1) is 24.3. The van der Waals surface area contributed by atoms with Crippen molar-refractivity contribution in [2.24, 2.45) is 46.3 Å². The van der Waals surface area contributed by atoms with Crippen LogP contribution in [0.25, 0.3) is 0 Å². The maximum atomic E-state index is 14.9. The molecule has 0 bridgehead atoms. The van der Waals surface area contributed by atoms with E-state index in [1.54, 1.807) is 51.1 Å². The number of aliphatic hydroxyl groups is 1. The van der Waals surface area contributed by atoms with Gasteiger partial charge in [0.05, 0.1) is 34.5 Å². The third kappa shape index (κ3) is 9.21. The van der Waals surface area contributed by atoms with Crippen LogP contribution in [0, 0.1) is 36.0 Å². The van der Waals surface area contributed by atoms with Gasteiger partial charge in [-0.15, -0.1) is 0 Å². The van der Waals surface area contributed by atoms with Gasteiger partial charge in [-0.05, 0) is 55.4 Å². The zero-order chi connectivity index (χ0) is 39.1. The van der Waals surface area contributed by atoms with Gasteiger partial charge in [-0.3, -0.25) is 19.4 Å². The highest BCUT2D eigenvalue weighted by Crippen LogP contribution is 2.42. The van der Waals surface area contributed by atoms with Gasteiger partial charge in [-0.1, -0.05) is 78.6 Å². The molecule has 1 amide bonds. The molecule has 286 valence electrons. The topological polar surface area (TPSA) is 226 Å². The van der Waals surface area contributed by atoms with E-state index in [4.69, 9.17) is 17.2 Å². The van der Waals surface area contributed by atoms with Gasteiger partial charge in [-0.2, -0.15) is 0 Å². The molecule has 0 saturated carbocycles. The summed E-state index contributed by atoms with van der Waals surface area (Å²) >= 11 is 0. The van der Waals surface area contributed by atoms with Crippen LogP contribution in [0.3, 0.4) is 0 Å². The van der Waals surface area contributed by atoms with Crippen molar-refractivity contribution in [2.45, 2.75) is 110 Å². The van der Waals surface area contributed by atoms with E-state index in [2.05, 4.69) is 15.3 Å². The Balaban J connectivity index is 2.10. The van der Waals surface area contributed by atoms with Crippen LogP contribution in [-0.2, 0) is 30.8 Å². The van der Waals surface area contributed by atoms with Gasteiger partial charge in [0.2, 0.25) is 5.91 Å². The Morgan fingerprint density at radius 3 is 2.13 bits per heavy atom. The number of aromatic nitrogens is 3. The van der Waals surface area contributed by atoms with Crippen molar-refractivity contribution in [2.75, 3.05) is 0 Å². The van der Waals surface area contributed by atoms with E-state index < -0.39 is 75.0 Å². The largest absolute Gasteiger partial charge is 0.391 e. The first kappa shape index (κ1) is 42.6. The molecule has 8 atom stereocenters. The Hall–Kier alpha value is -3.82. The second-order valence-electron chi connectivity index (χ2n) is 14.8. The summed E-state index contributed by atoms with van der Waals surface area (Å²) in [5.41, 5.74) is 18.8. The maximum Gasteiger partial charge on any atom is 0.268 e. The van der Waals surface area contributed by atoms with Crippen LogP contribution in [0.15, 0.2) is 66.1 Å². The van der Waals surface area contributed by atoms with Crippen molar-refractivity contribution in [1.82, 2.24) is 19.3 Å². The van der Waals surface area contributed by atoms with Crippen LogP contribution in [0.1, 0.15) is 84.3 Å². The van der Waals surface area contributed by atoms with Crippen LogP contribution in [0.5, 0.6) is 0 Å². The van der Waals surface area contributed by atoms with Crippen LogP contribution in [0.2, 0.25) is 0 Å². The van der Waals surface area contributed by atoms with Crippen LogP contribution in [-0.4, -0.2) is 69.2 Å². The number of aliphatic hydroxyl groups excluding tert-OH is 1. The monoisotopic (exact) mass is 739 g/mol. The Morgan fingerprint density at radius 1 is 0.962 bits per heavy atom. The molecule has 0 radical (unpaired) electrons. The zero-order valence-electron chi connectivity index (χ0n) is 31.6. The fraction of sp³-hybridized carbons (Fsp3) is 0.553. The second-order valence-corrected chi connectivity index (χ2v) is 16.6. The molecule has 2 unspecified atom stereocenters. The number of aryl methyl sites for hydroxylation is 1. The molecule has 8 N–H and O–H groups in total. The van der Waals surface area contributed by atoms with E-state index in [1.807, 2.05) is 34.6 Å². The normalized spacial score (nSPS) is 17.4. The third-order valence-electron chi connectivity index (χ3n) is 10.2. The number of rotatable bonds is 19. The summed E-state index contributed by atoms with van der Waals surface area (Å²) in [5, 5.41) is 14.5. The molecule has 0 aliphatic heterocycles. The molecule has 3 rings (SSSR count). The minimum absolute atomic E-state index is 0.0588. The number of Topliss-reactive ketones (excluding diaryl/α,β-unsaturated/α-hetero) is 2. The van der Waals surface area contributed by atoms with Gasteiger partial charge in [0.15, 0.2) is 11.6 Å². The fourth-order valence-electron chi connectivity index (χ4n) is 6.79. The number of carbonyl (C=O) groups is 3. The van der Waals surface area contributed by atoms with Gasteiger partial charge in [-0.25, -0.2) is 17.4 Å². The lowest BCUT2D eigenvalue weighted by molar-refractivity contribution is -0.157. The molecule has 2 aromatic heterocycles. The molecule has 14 heteroatoms. The lowest BCUT2D eigenvalue weighted by atomic mass is 9.60. The first-order valence-electron chi connectivity index (χ1n) is 17.9. The van der Waals surface area contributed by atoms with Crippen molar-refractivity contribution in [1.29, 1.82) is 0 Å². The number of carbonyl (C=O) groups excluding carboxylic acids is 3. The average molecular weight is 740 g/mol. The van der Waals surface area contributed by atoms with E-state index >= 15 is 0 Å². The number of hydrogen-bond acceptors (Lipinski definition) is 11. The summed E-state index contributed by atoms with van der Waals surface area (Å²) in [7, 11) is -3.98. The fourth-order valence-corrected chi connectivity index (χ4v) is 7.95. The standard InChI is InChI=1S/C38H57N7O6S/c1-9-25(7)32(41)35(47)33(31-12-10-11-17-42-31)44-37(49)38(23(4)5,26(8)34(46)29(39)18-22(2)3)36(48)30(40)19-27-20-45(21-43-27)52(50,51)28-15-13-24(6)14-16-28/h10-17,20-23,25-26,29-30,32-34,46H,9,18-19,39-41H2,1-8H3,(H,44,49)/t25-,26?,29-,30-,32-,33?,34-,38-/m0/s1. The van der Waals surface area contributed by atoms with E-state index in [-0.39, 0.29) is 34.5 Å². The predicted molar refractivity (Wildman–Crippen MR) is 200 cm³/mol. The van der Waals surface area contributed by atoms with Gasteiger partial charge >= 0.3 is 0 Å². The Labute approximate surface area is 308 Å². The summed E-state index contributed by atoms with van der Waals surface area (Å²) in [5.74, 6) is -4.00. The molecule has 1 aromatic carbocycles. The molecule has 0 aliphatic carbocycles. The number of pyridine rings is 1. The van der Waals surface area contributed by atoms with E-state index in [0.717, 1.165) is 15.9 Å². The highest BCUT2D eigenvalue weighted by Gasteiger charge is 2.57. The summed E-state index contributed by atoms with van der Waals surface area (Å²) < 4.78 is 27.5. The number of imidazole rings is 1. The minimum Gasteiger partial charge on any atom is -0.391 e. The number of nitrogens with two attached hydrogens (primary N) is 3. The summed E-state index contributed by atoms with van der Waals surface area (Å²) in [6.07, 6.45) is 3.37. The van der Waals surface area contributed by atoms with Gasteiger partial charge < -0.3 is 27.6 Å². The molecular weight excluding hydrogens is 683 g/mol. The van der Waals surface area contributed by atoms with Gasteiger partial charge in [0.1, 0.15) is 17.8 Å². The number of hydrogen-bond donors (Lipinski definition) is 5. The van der Waals surface area contributed by atoms with E-state index in [1.165, 1.54) is 24.5 Å². The zero-order valence-corrected chi connectivity index (χ0v) is 32.4. The molecule has 0 saturated heterocycles. The van der Waals surface area contributed by atoms with Crippen molar-refractivity contribution >= 4 is 27.5 Å². The summed E-state index contributed by atoms with van der Waals surface area (Å²) in [4.78, 5) is 52.3. The summed E-state index contributed by atoms with van der Waals surface area (Å²) in [6.45, 7) is 14.4.